The highest BCUT2D eigenvalue weighted by atomic mass is 19.1. The normalized spacial score (nSPS) is 31.4. The van der Waals surface area contributed by atoms with E-state index in [1.54, 1.807) is 12.3 Å². The van der Waals surface area contributed by atoms with Crippen LogP contribution in [0.3, 0.4) is 0 Å². The number of rotatable bonds is 5. The van der Waals surface area contributed by atoms with Gasteiger partial charge in [0.15, 0.2) is 23.9 Å². The molecule has 0 unspecified atom stereocenters. The molecule has 3 aromatic rings. The van der Waals surface area contributed by atoms with Crippen LogP contribution in [-0.2, 0) is 22.3 Å². The van der Waals surface area contributed by atoms with Gasteiger partial charge in [-0.2, -0.15) is 10.2 Å². The molecule has 3 saturated carbocycles. The molecule has 0 aromatic carbocycles. The molecule has 1 aliphatic heterocycles. The summed E-state index contributed by atoms with van der Waals surface area (Å²) in [6.07, 6.45) is 6.87. The number of carbonyl (C=O) groups is 1. The van der Waals surface area contributed by atoms with E-state index in [0.29, 0.717) is 17.3 Å². The fourth-order valence-corrected chi connectivity index (χ4v) is 5.88. The molecule has 1 amide bonds. The molecule has 4 heterocycles. The fourth-order valence-electron chi connectivity index (χ4n) is 5.88. The Bertz CT molecular complexity index is 1260. The molecule has 3 atom stereocenters. The van der Waals surface area contributed by atoms with Crippen LogP contribution in [0.5, 0.6) is 0 Å². The number of amides is 1. The number of nitrogens with one attached hydrogen (secondary N) is 3. The maximum Gasteiger partial charge on any atom is 0.408 e. The number of hydrogen-bond donors (Lipinski definition) is 3. The minimum Gasteiger partial charge on any atom is -0.441 e. The Balaban J connectivity index is 1.04. The van der Waals surface area contributed by atoms with Crippen molar-refractivity contribution in [3.63, 3.8) is 0 Å². The summed E-state index contributed by atoms with van der Waals surface area (Å²) in [5.41, 5.74) is 3.66. The summed E-state index contributed by atoms with van der Waals surface area (Å²) in [5.74, 6) is 1.90. The van der Waals surface area contributed by atoms with E-state index in [1.807, 2.05) is 10.7 Å². The Morgan fingerprint density at radius 2 is 2.15 bits per heavy atom. The second-order valence-corrected chi connectivity index (χ2v) is 10.1. The third-order valence-electron chi connectivity index (χ3n) is 7.72. The van der Waals surface area contributed by atoms with Crippen molar-refractivity contribution in [2.75, 3.05) is 11.9 Å². The van der Waals surface area contributed by atoms with Gasteiger partial charge in [-0.3, -0.25) is 5.10 Å². The highest BCUT2D eigenvalue weighted by Gasteiger charge is 2.58. The predicted octanol–water partition coefficient (Wildman–Crippen LogP) is 3.13. The maximum atomic E-state index is 15.1. The van der Waals surface area contributed by atoms with Crippen LogP contribution in [0.15, 0.2) is 18.5 Å². The molecule has 34 heavy (non-hydrogen) atoms. The number of H-pyrrole nitrogens is 1. The first-order chi connectivity index (χ1) is 16.6. The molecule has 4 aliphatic carbocycles. The molecular weight excluding hydrogens is 441 g/mol. The molecule has 2 bridgehead atoms. The van der Waals surface area contributed by atoms with Crippen molar-refractivity contribution < 1.29 is 18.7 Å². The smallest absolute Gasteiger partial charge is 0.408 e. The van der Waals surface area contributed by atoms with Gasteiger partial charge in [-0.05, 0) is 50.9 Å². The van der Waals surface area contributed by atoms with Gasteiger partial charge in [0.25, 0.3) is 0 Å². The van der Waals surface area contributed by atoms with E-state index in [-0.39, 0.29) is 12.1 Å². The van der Waals surface area contributed by atoms with Crippen LogP contribution in [0, 0.1) is 5.92 Å². The van der Waals surface area contributed by atoms with Crippen LogP contribution >= 0.6 is 0 Å². The van der Waals surface area contributed by atoms with E-state index in [4.69, 9.17) is 14.6 Å². The van der Waals surface area contributed by atoms with Gasteiger partial charge in [-0.25, -0.2) is 18.7 Å². The highest BCUT2D eigenvalue weighted by Crippen LogP contribution is 2.57. The number of alkyl carbamates (subject to hydrolysis) is 1. The maximum absolute atomic E-state index is 15.1. The number of hydrogen-bond acceptors (Lipinski definition) is 7. The van der Waals surface area contributed by atoms with Crippen LogP contribution in [0.2, 0.25) is 0 Å². The second kappa shape index (κ2) is 7.39. The average Bonchev–Trinajstić information content (AvgIpc) is 3.48. The van der Waals surface area contributed by atoms with Gasteiger partial charge >= 0.3 is 6.09 Å². The first-order valence-corrected chi connectivity index (χ1v) is 12.0. The molecule has 0 radical (unpaired) electrons. The van der Waals surface area contributed by atoms with Crippen LogP contribution in [0.4, 0.5) is 20.8 Å². The van der Waals surface area contributed by atoms with Crippen LogP contribution in [0.1, 0.15) is 55.2 Å². The lowest BCUT2D eigenvalue weighted by molar-refractivity contribution is -0.0528. The van der Waals surface area contributed by atoms with Gasteiger partial charge in [-0.15, -0.1) is 0 Å². The lowest BCUT2D eigenvalue weighted by Crippen LogP contribution is -2.68. The summed E-state index contributed by atoms with van der Waals surface area (Å²) in [6, 6.07) is 1.70. The number of carbonyl (C=O) groups excluding carboxylic acids is 1. The number of alkyl halides is 1. The van der Waals surface area contributed by atoms with Gasteiger partial charge in [0, 0.05) is 29.6 Å². The number of aryl methyl sites for hydroxylation is 2. The molecule has 10 nitrogen and oxygen atoms in total. The summed E-state index contributed by atoms with van der Waals surface area (Å²) in [7, 11) is 0. The molecular formula is C23H26FN7O3. The van der Waals surface area contributed by atoms with E-state index in [2.05, 4.69) is 25.8 Å². The van der Waals surface area contributed by atoms with Gasteiger partial charge in [0.1, 0.15) is 11.6 Å². The minimum absolute atomic E-state index is 0.000511. The van der Waals surface area contributed by atoms with Gasteiger partial charge in [-0.1, -0.05) is 0 Å². The largest absolute Gasteiger partial charge is 0.441 e. The predicted molar refractivity (Wildman–Crippen MR) is 119 cm³/mol. The summed E-state index contributed by atoms with van der Waals surface area (Å²) >= 11 is 0. The second-order valence-electron chi connectivity index (χ2n) is 10.1. The molecule has 1 saturated heterocycles. The molecule has 8 rings (SSSR count). The number of nitrogens with zero attached hydrogens (tertiary/aromatic N) is 4. The summed E-state index contributed by atoms with van der Waals surface area (Å²) < 4.78 is 27.9. The zero-order valence-corrected chi connectivity index (χ0v) is 18.6. The van der Waals surface area contributed by atoms with Crippen molar-refractivity contribution in [3.8, 4) is 0 Å². The van der Waals surface area contributed by atoms with Gasteiger partial charge in [0.05, 0.1) is 18.0 Å². The van der Waals surface area contributed by atoms with E-state index < -0.39 is 24.5 Å². The molecule has 11 heteroatoms. The topological polar surface area (TPSA) is 118 Å². The van der Waals surface area contributed by atoms with Crippen molar-refractivity contribution in [1.82, 2.24) is 30.1 Å². The monoisotopic (exact) mass is 467 g/mol. The van der Waals surface area contributed by atoms with Gasteiger partial charge in [0.2, 0.25) is 0 Å². The number of aromatic amines is 1. The standard InChI is InChI=1S/C23H26FN7O3/c24-18-16(34-22(32)27-23-8-12(9-23)10-23)11-33-20(18)15-7-17(29-28-15)26-21-19-13-3-1-2-4-14(13)30-31(19)6-5-25-21/h5-7,12,16,18,20H,1-4,8-11H2,(H,27,32)(H2,25,26,28,29)/t12?,16-,18-,20-,23?/m0/s1. The Kier molecular flexibility index (Phi) is 4.39. The first-order valence-electron chi connectivity index (χ1n) is 12.0. The summed E-state index contributed by atoms with van der Waals surface area (Å²) in [6.45, 7) is -0.000511. The highest BCUT2D eigenvalue weighted by molar-refractivity contribution is 5.76. The number of anilines is 2. The third kappa shape index (κ3) is 3.17. The van der Waals surface area contributed by atoms with Crippen molar-refractivity contribution in [2.24, 2.45) is 5.92 Å². The molecule has 5 aliphatic rings. The number of fused-ring (bicyclic) bond motifs is 3. The lowest BCUT2D eigenvalue weighted by Gasteiger charge is -2.61. The third-order valence-corrected chi connectivity index (χ3v) is 7.72. The minimum atomic E-state index is -1.49. The van der Waals surface area contributed by atoms with Crippen molar-refractivity contribution >= 4 is 23.2 Å². The lowest BCUT2D eigenvalue weighted by atomic mass is 9.50. The fraction of sp³-hybridized carbons (Fsp3) is 0.565. The molecule has 3 aromatic heterocycles. The van der Waals surface area contributed by atoms with Crippen molar-refractivity contribution in [1.29, 1.82) is 0 Å². The molecule has 178 valence electrons. The molecule has 4 fully saturated rings. The Morgan fingerprint density at radius 3 is 2.97 bits per heavy atom. The van der Waals surface area contributed by atoms with E-state index in [1.165, 1.54) is 5.56 Å². The molecule has 0 spiro atoms. The number of ether oxygens (including phenoxy) is 2. The van der Waals surface area contributed by atoms with Crippen LogP contribution in [0.25, 0.3) is 5.52 Å². The van der Waals surface area contributed by atoms with Crippen molar-refractivity contribution in [2.45, 2.75) is 68.9 Å². The Labute approximate surface area is 194 Å². The van der Waals surface area contributed by atoms with Crippen LogP contribution < -0.4 is 10.6 Å². The Hall–Kier alpha value is -3.21. The summed E-state index contributed by atoms with van der Waals surface area (Å²) in [4.78, 5) is 16.7. The Morgan fingerprint density at radius 1 is 1.29 bits per heavy atom. The average molecular weight is 468 g/mol. The van der Waals surface area contributed by atoms with Crippen LogP contribution in [-0.4, -0.2) is 55.3 Å². The van der Waals surface area contributed by atoms with E-state index in [9.17, 15) is 4.79 Å². The zero-order valence-electron chi connectivity index (χ0n) is 18.6. The first kappa shape index (κ1) is 20.2. The SMILES string of the molecule is O=C(NC12CC(C1)C2)O[C@H]1CO[C@@H](c2cc(Nc3nccn4nc5c(c34)CCCC5)n[nH]2)[C@H]1F. The number of halogens is 1. The number of aromatic nitrogens is 5. The molecule has 3 N–H and O–H groups in total. The quantitative estimate of drug-likeness (QED) is 0.528. The zero-order chi connectivity index (χ0) is 22.9. The van der Waals surface area contributed by atoms with Crippen molar-refractivity contribution in [3.05, 3.63) is 35.4 Å². The summed E-state index contributed by atoms with van der Waals surface area (Å²) in [5, 5.41) is 18.0. The van der Waals surface area contributed by atoms with E-state index >= 15 is 4.39 Å². The van der Waals surface area contributed by atoms with E-state index in [0.717, 1.165) is 62.1 Å². The van der Waals surface area contributed by atoms with Gasteiger partial charge < -0.3 is 20.1 Å².